The maximum Gasteiger partial charge on any atom is 0.415 e. The minimum Gasteiger partial charge on any atom is -0.489 e. The van der Waals surface area contributed by atoms with E-state index in [2.05, 4.69) is 0 Å². The van der Waals surface area contributed by atoms with E-state index in [0.717, 1.165) is 4.90 Å². The fraction of sp³-hybridized carbons (Fsp3) is 0.200. The number of imide groups is 1. The van der Waals surface area contributed by atoms with Crippen LogP contribution in [0.15, 0.2) is 42.5 Å². The second-order valence-corrected chi connectivity index (χ2v) is 6.73. The second kappa shape index (κ2) is 5.82. The maximum absolute atomic E-state index is 12.6. The monoisotopic (exact) mass is 375 g/mol. The van der Waals surface area contributed by atoms with Crippen LogP contribution in [0.4, 0.5) is 10.5 Å². The third kappa shape index (κ3) is 2.19. The lowest BCUT2D eigenvalue weighted by atomic mass is 10.1. The molecule has 2 aromatic rings. The number of anilines is 1. The van der Waals surface area contributed by atoms with E-state index in [0.29, 0.717) is 28.1 Å². The number of nitrogens with zero attached hydrogens (tertiary/aromatic N) is 3. The number of hydrogen-bond donors (Lipinski definition) is 0. The van der Waals surface area contributed by atoms with Gasteiger partial charge >= 0.3 is 6.09 Å². The minimum atomic E-state index is -0.710. The van der Waals surface area contributed by atoms with Gasteiger partial charge in [0.2, 0.25) is 0 Å². The molecule has 2 atom stereocenters. The highest BCUT2D eigenvalue weighted by atomic mass is 16.6. The van der Waals surface area contributed by atoms with Gasteiger partial charge in [-0.25, -0.2) is 4.79 Å². The van der Waals surface area contributed by atoms with Crippen molar-refractivity contribution in [3.05, 3.63) is 59.2 Å². The summed E-state index contributed by atoms with van der Waals surface area (Å²) in [6.45, 7) is 0.0929. The highest BCUT2D eigenvalue weighted by molar-refractivity contribution is 6.21. The van der Waals surface area contributed by atoms with Crippen molar-refractivity contribution in [2.24, 2.45) is 0 Å². The first kappa shape index (κ1) is 16.3. The Labute approximate surface area is 159 Å². The summed E-state index contributed by atoms with van der Waals surface area (Å²) >= 11 is 0. The first-order valence-corrected chi connectivity index (χ1v) is 8.70. The molecule has 1 fully saturated rings. The Balaban J connectivity index is 1.42. The Morgan fingerprint density at radius 1 is 1.07 bits per heavy atom. The van der Waals surface area contributed by atoms with Crippen molar-refractivity contribution in [3.63, 3.8) is 0 Å². The Morgan fingerprint density at radius 3 is 2.46 bits per heavy atom. The van der Waals surface area contributed by atoms with E-state index in [9.17, 15) is 14.4 Å². The zero-order chi connectivity index (χ0) is 19.4. The van der Waals surface area contributed by atoms with E-state index >= 15 is 0 Å². The molecule has 3 heterocycles. The van der Waals surface area contributed by atoms with Gasteiger partial charge in [-0.15, -0.1) is 0 Å². The van der Waals surface area contributed by atoms with Crippen LogP contribution in [0, 0.1) is 11.3 Å². The fourth-order valence-electron chi connectivity index (χ4n) is 3.84. The Kier molecular flexibility index (Phi) is 3.39. The molecule has 0 aromatic heterocycles. The molecule has 0 spiro atoms. The SMILES string of the molecule is N#Cc1ccc2c(c1)OCC1C(CN3C(=O)c4ccccc4C3=O)OC(=O)N21. The van der Waals surface area contributed by atoms with Gasteiger partial charge in [0.1, 0.15) is 24.5 Å². The van der Waals surface area contributed by atoms with Crippen molar-refractivity contribution in [2.75, 3.05) is 18.1 Å². The number of benzene rings is 2. The molecule has 5 rings (SSSR count). The number of fused-ring (bicyclic) bond motifs is 4. The molecule has 0 radical (unpaired) electrons. The van der Waals surface area contributed by atoms with Crippen molar-refractivity contribution in [1.82, 2.24) is 4.90 Å². The third-order valence-electron chi connectivity index (χ3n) is 5.21. The van der Waals surface area contributed by atoms with Gasteiger partial charge in [0, 0.05) is 6.07 Å². The van der Waals surface area contributed by atoms with Crippen LogP contribution >= 0.6 is 0 Å². The Hall–Kier alpha value is -3.86. The van der Waals surface area contributed by atoms with Crippen molar-refractivity contribution in [1.29, 1.82) is 5.26 Å². The summed E-state index contributed by atoms with van der Waals surface area (Å²) in [5.41, 5.74) is 1.63. The number of ether oxygens (including phenoxy) is 2. The van der Waals surface area contributed by atoms with E-state index in [4.69, 9.17) is 14.7 Å². The standard InChI is InChI=1S/C20H13N3O5/c21-8-11-5-6-14-16(7-11)27-10-15-17(28-20(26)23(14)15)9-22-18(24)12-3-1-2-4-13(12)19(22)25/h1-7,15,17H,9-10H2. The van der Waals surface area contributed by atoms with Crippen LogP contribution in [0.2, 0.25) is 0 Å². The van der Waals surface area contributed by atoms with Gasteiger partial charge < -0.3 is 9.47 Å². The van der Waals surface area contributed by atoms with Crippen LogP contribution in [0.25, 0.3) is 0 Å². The largest absolute Gasteiger partial charge is 0.489 e. The van der Waals surface area contributed by atoms with Gasteiger partial charge in [-0.2, -0.15) is 5.26 Å². The molecule has 3 aliphatic heterocycles. The van der Waals surface area contributed by atoms with Gasteiger partial charge in [-0.1, -0.05) is 12.1 Å². The summed E-state index contributed by atoms with van der Waals surface area (Å²) in [7, 11) is 0. The zero-order valence-electron chi connectivity index (χ0n) is 14.5. The van der Waals surface area contributed by atoms with Crippen molar-refractivity contribution in [2.45, 2.75) is 12.1 Å². The highest BCUT2D eigenvalue weighted by Gasteiger charge is 2.49. The predicted octanol–water partition coefficient (Wildman–Crippen LogP) is 1.94. The average molecular weight is 375 g/mol. The summed E-state index contributed by atoms with van der Waals surface area (Å²) < 4.78 is 11.2. The fourth-order valence-corrected chi connectivity index (χ4v) is 3.84. The molecule has 2 aromatic carbocycles. The molecular weight excluding hydrogens is 362 g/mol. The third-order valence-corrected chi connectivity index (χ3v) is 5.21. The van der Waals surface area contributed by atoms with Crippen molar-refractivity contribution < 1.29 is 23.9 Å². The lowest BCUT2D eigenvalue weighted by Crippen LogP contribution is -2.48. The summed E-state index contributed by atoms with van der Waals surface area (Å²) in [4.78, 5) is 40.2. The smallest absolute Gasteiger partial charge is 0.415 e. The molecule has 0 aliphatic carbocycles. The quantitative estimate of drug-likeness (QED) is 0.744. The van der Waals surface area contributed by atoms with Crippen LogP contribution in [0.3, 0.4) is 0 Å². The molecular formula is C20H13N3O5. The summed E-state index contributed by atoms with van der Waals surface area (Å²) in [6.07, 6.45) is -1.28. The van der Waals surface area contributed by atoms with Crippen LogP contribution in [-0.2, 0) is 4.74 Å². The first-order chi connectivity index (χ1) is 13.6. The highest BCUT2D eigenvalue weighted by Crippen LogP contribution is 2.39. The number of carbonyl (C=O) groups excluding carboxylic acids is 3. The van der Waals surface area contributed by atoms with E-state index in [1.54, 1.807) is 42.5 Å². The summed E-state index contributed by atoms with van der Waals surface area (Å²) in [5.74, 6) is -0.370. The van der Waals surface area contributed by atoms with Gasteiger partial charge in [0.25, 0.3) is 11.8 Å². The van der Waals surface area contributed by atoms with E-state index in [1.807, 2.05) is 6.07 Å². The first-order valence-electron chi connectivity index (χ1n) is 8.70. The van der Waals surface area contributed by atoms with Crippen molar-refractivity contribution in [3.8, 4) is 11.8 Å². The van der Waals surface area contributed by atoms with Crippen molar-refractivity contribution >= 4 is 23.6 Å². The van der Waals surface area contributed by atoms with Crippen LogP contribution in [0.1, 0.15) is 26.3 Å². The van der Waals surface area contributed by atoms with Gasteiger partial charge in [0.05, 0.1) is 35.0 Å². The number of amides is 3. The van der Waals surface area contributed by atoms with E-state index in [1.165, 1.54) is 4.90 Å². The molecule has 3 aliphatic rings. The second-order valence-electron chi connectivity index (χ2n) is 6.73. The lowest BCUT2D eigenvalue weighted by molar-refractivity contribution is 0.0513. The molecule has 8 heteroatoms. The maximum atomic E-state index is 12.6. The molecule has 8 nitrogen and oxygen atoms in total. The van der Waals surface area contributed by atoms with E-state index in [-0.39, 0.29) is 13.2 Å². The predicted molar refractivity (Wildman–Crippen MR) is 95.0 cm³/mol. The van der Waals surface area contributed by atoms with Gasteiger partial charge in [-0.3, -0.25) is 19.4 Å². The number of cyclic esters (lactones) is 1. The Morgan fingerprint density at radius 2 is 1.79 bits per heavy atom. The molecule has 138 valence electrons. The van der Waals surface area contributed by atoms with Crippen LogP contribution in [0.5, 0.6) is 5.75 Å². The molecule has 1 saturated heterocycles. The molecule has 3 amide bonds. The number of carbonyl (C=O) groups is 3. The molecule has 0 bridgehead atoms. The Bertz CT molecular complexity index is 1050. The number of nitriles is 1. The topological polar surface area (TPSA) is 99.9 Å². The lowest BCUT2D eigenvalue weighted by Gasteiger charge is -2.31. The molecule has 2 unspecified atom stereocenters. The average Bonchev–Trinajstić information content (AvgIpc) is 3.17. The summed E-state index contributed by atoms with van der Waals surface area (Å²) in [6, 6.07) is 13.0. The number of rotatable bonds is 2. The summed E-state index contributed by atoms with van der Waals surface area (Å²) in [5, 5.41) is 9.02. The van der Waals surface area contributed by atoms with Crippen LogP contribution in [-0.4, -0.2) is 48.1 Å². The van der Waals surface area contributed by atoms with Gasteiger partial charge in [0.15, 0.2) is 0 Å². The molecule has 28 heavy (non-hydrogen) atoms. The number of hydrogen-bond acceptors (Lipinski definition) is 6. The van der Waals surface area contributed by atoms with E-state index < -0.39 is 30.1 Å². The molecule has 0 N–H and O–H groups in total. The zero-order valence-corrected chi connectivity index (χ0v) is 14.5. The normalized spacial score (nSPS) is 22.2. The van der Waals surface area contributed by atoms with Crippen LogP contribution < -0.4 is 9.64 Å². The van der Waals surface area contributed by atoms with Gasteiger partial charge in [-0.05, 0) is 24.3 Å². The minimum absolute atomic E-state index is 0.0474. The molecule has 0 saturated carbocycles.